The Balaban J connectivity index is 2.46. The maximum Gasteiger partial charge on any atom is 0.141 e. The van der Waals surface area contributed by atoms with E-state index in [-0.39, 0.29) is 0 Å². The van der Waals surface area contributed by atoms with Crippen molar-refractivity contribution in [3.05, 3.63) is 58.6 Å². The molecule has 0 spiro atoms. The van der Waals surface area contributed by atoms with Gasteiger partial charge in [-0.3, -0.25) is 4.98 Å². The number of hydrogen-bond acceptors (Lipinski definition) is 3. The normalized spacial score (nSPS) is 13.9. The van der Waals surface area contributed by atoms with E-state index in [0.29, 0.717) is 16.5 Å². The average molecular weight is 281 g/mol. The van der Waals surface area contributed by atoms with Crippen molar-refractivity contribution in [1.29, 1.82) is 0 Å². The van der Waals surface area contributed by atoms with Crippen LogP contribution in [0.4, 0.5) is 4.39 Å². The fourth-order valence-electron chi connectivity index (χ4n) is 1.81. The van der Waals surface area contributed by atoms with Gasteiger partial charge in [-0.1, -0.05) is 17.7 Å². The number of hydrogen-bond donors (Lipinski definition) is 1. The fraction of sp³-hybridized carbons (Fsp3) is 0.214. The number of nitrogens with zero attached hydrogens (tertiary/aromatic N) is 1. The first-order valence-electron chi connectivity index (χ1n) is 5.70. The monoisotopic (exact) mass is 280 g/mol. The highest BCUT2D eigenvalue weighted by molar-refractivity contribution is 6.32. The Kier molecular flexibility index (Phi) is 3.73. The number of aromatic nitrogens is 1. The molecule has 0 saturated carbocycles. The van der Waals surface area contributed by atoms with Crippen LogP contribution in [0.5, 0.6) is 5.75 Å². The molecule has 0 saturated heterocycles. The standard InChI is InChI=1S/C14H14ClFN2O/c1-14(17,13-6-4-10(16)8-18-13)9-3-5-11(15)12(7-9)19-2/h3-8H,17H2,1-2H3. The summed E-state index contributed by atoms with van der Waals surface area (Å²) in [7, 11) is 1.54. The zero-order valence-corrected chi connectivity index (χ0v) is 11.4. The van der Waals surface area contributed by atoms with Gasteiger partial charge in [0, 0.05) is 0 Å². The van der Waals surface area contributed by atoms with Gasteiger partial charge in [0.25, 0.3) is 0 Å². The van der Waals surface area contributed by atoms with Gasteiger partial charge in [0.2, 0.25) is 0 Å². The van der Waals surface area contributed by atoms with E-state index in [2.05, 4.69) is 4.98 Å². The van der Waals surface area contributed by atoms with Crippen LogP contribution in [-0.2, 0) is 5.54 Å². The third-order valence-electron chi connectivity index (χ3n) is 3.01. The summed E-state index contributed by atoms with van der Waals surface area (Å²) in [5.41, 5.74) is 6.80. The Morgan fingerprint density at radius 1 is 1.32 bits per heavy atom. The molecule has 0 radical (unpaired) electrons. The lowest BCUT2D eigenvalue weighted by Gasteiger charge is -2.25. The molecule has 19 heavy (non-hydrogen) atoms. The smallest absolute Gasteiger partial charge is 0.141 e. The zero-order chi connectivity index (χ0) is 14.0. The number of methoxy groups -OCH3 is 1. The van der Waals surface area contributed by atoms with Crippen molar-refractivity contribution in [2.45, 2.75) is 12.5 Å². The Hall–Kier alpha value is -1.65. The summed E-state index contributed by atoms with van der Waals surface area (Å²) in [5.74, 6) is 0.145. The first-order valence-corrected chi connectivity index (χ1v) is 6.08. The minimum absolute atomic E-state index is 0.395. The van der Waals surface area contributed by atoms with Crippen molar-refractivity contribution in [3.63, 3.8) is 0 Å². The van der Waals surface area contributed by atoms with Crippen LogP contribution in [0, 0.1) is 5.82 Å². The molecule has 2 N–H and O–H groups in total. The number of ether oxygens (including phenoxy) is 1. The van der Waals surface area contributed by atoms with Crippen molar-refractivity contribution < 1.29 is 9.13 Å². The second-order valence-electron chi connectivity index (χ2n) is 4.41. The van der Waals surface area contributed by atoms with Gasteiger partial charge in [0.15, 0.2) is 0 Å². The maximum atomic E-state index is 12.9. The fourth-order valence-corrected chi connectivity index (χ4v) is 2.01. The Labute approximate surface area is 116 Å². The number of nitrogens with two attached hydrogens (primary N) is 1. The van der Waals surface area contributed by atoms with Crippen LogP contribution >= 0.6 is 11.6 Å². The van der Waals surface area contributed by atoms with E-state index in [1.807, 2.05) is 0 Å². The SMILES string of the molecule is COc1cc(C(C)(N)c2ccc(F)cn2)ccc1Cl. The lowest BCUT2D eigenvalue weighted by atomic mass is 9.89. The van der Waals surface area contributed by atoms with Crippen LogP contribution in [0.2, 0.25) is 5.02 Å². The number of pyridine rings is 1. The topological polar surface area (TPSA) is 48.1 Å². The summed E-state index contributed by atoms with van der Waals surface area (Å²) in [6.45, 7) is 1.80. The molecule has 0 aliphatic rings. The second kappa shape index (κ2) is 5.15. The summed E-state index contributed by atoms with van der Waals surface area (Å²) in [6.07, 6.45) is 1.15. The van der Waals surface area contributed by atoms with Crippen LogP contribution < -0.4 is 10.5 Å². The Morgan fingerprint density at radius 2 is 2.05 bits per heavy atom. The van der Waals surface area contributed by atoms with E-state index in [4.69, 9.17) is 22.1 Å². The molecule has 100 valence electrons. The van der Waals surface area contributed by atoms with Crippen molar-refractivity contribution >= 4 is 11.6 Å². The molecule has 0 bridgehead atoms. The van der Waals surface area contributed by atoms with E-state index in [0.717, 1.165) is 11.8 Å². The predicted octanol–water partition coefficient (Wildman–Crippen LogP) is 3.10. The minimum atomic E-state index is -0.856. The van der Waals surface area contributed by atoms with E-state index >= 15 is 0 Å². The van der Waals surface area contributed by atoms with Gasteiger partial charge in [-0.2, -0.15) is 0 Å². The third kappa shape index (κ3) is 2.69. The molecular weight excluding hydrogens is 267 g/mol. The molecule has 3 nitrogen and oxygen atoms in total. The number of rotatable bonds is 3. The first kappa shape index (κ1) is 13.8. The summed E-state index contributed by atoms with van der Waals surface area (Å²) in [4.78, 5) is 4.03. The second-order valence-corrected chi connectivity index (χ2v) is 4.82. The minimum Gasteiger partial charge on any atom is -0.495 e. The first-order chi connectivity index (χ1) is 8.95. The van der Waals surface area contributed by atoms with Gasteiger partial charge in [-0.15, -0.1) is 0 Å². The van der Waals surface area contributed by atoms with Crippen molar-refractivity contribution in [1.82, 2.24) is 4.98 Å². The molecule has 1 heterocycles. The van der Waals surface area contributed by atoms with Crippen LogP contribution in [0.25, 0.3) is 0 Å². The summed E-state index contributed by atoms with van der Waals surface area (Å²) >= 11 is 5.98. The molecule has 1 aromatic carbocycles. The predicted molar refractivity (Wildman–Crippen MR) is 72.8 cm³/mol. The molecule has 0 amide bonds. The third-order valence-corrected chi connectivity index (χ3v) is 3.32. The summed E-state index contributed by atoms with van der Waals surface area (Å²) in [6, 6.07) is 8.17. The van der Waals surface area contributed by atoms with Crippen LogP contribution in [0.15, 0.2) is 36.5 Å². The van der Waals surface area contributed by atoms with Crippen molar-refractivity contribution in [2.75, 3.05) is 7.11 Å². The molecule has 5 heteroatoms. The maximum absolute atomic E-state index is 12.9. The van der Waals surface area contributed by atoms with E-state index in [9.17, 15) is 4.39 Å². The largest absolute Gasteiger partial charge is 0.495 e. The highest BCUT2D eigenvalue weighted by Gasteiger charge is 2.26. The van der Waals surface area contributed by atoms with Gasteiger partial charge >= 0.3 is 0 Å². The molecule has 1 aromatic heterocycles. The molecule has 2 aromatic rings. The van der Waals surface area contributed by atoms with Crippen molar-refractivity contribution in [2.24, 2.45) is 5.73 Å². The summed E-state index contributed by atoms with van der Waals surface area (Å²) in [5, 5.41) is 0.508. The molecule has 2 rings (SSSR count). The van der Waals surface area contributed by atoms with Gasteiger partial charge < -0.3 is 10.5 Å². The number of halogens is 2. The number of benzene rings is 1. The van der Waals surface area contributed by atoms with E-state index < -0.39 is 11.4 Å². The molecule has 0 fully saturated rings. The van der Waals surface area contributed by atoms with Crippen LogP contribution in [0.3, 0.4) is 0 Å². The lowest BCUT2D eigenvalue weighted by Crippen LogP contribution is -2.35. The molecule has 0 aliphatic carbocycles. The quantitative estimate of drug-likeness (QED) is 0.940. The van der Waals surface area contributed by atoms with E-state index in [1.54, 1.807) is 31.2 Å². The molecule has 1 atom stereocenters. The molecular formula is C14H14ClFN2O. The highest BCUT2D eigenvalue weighted by Crippen LogP contribution is 2.32. The van der Waals surface area contributed by atoms with Crippen LogP contribution in [-0.4, -0.2) is 12.1 Å². The molecule has 0 aliphatic heterocycles. The Morgan fingerprint density at radius 3 is 2.63 bits per heavy atom. The Bertz CT molecular complexity index is 584. The van der Waals surface area contributed by atoms with Gasteiger partial charge in [-0.05, 0) is 36.8 Å². The average Bonchev–Trinajstić information content (AvgIpc) is 2.39. The van der Waals surface area contributed by atoms with Gasteiger partial charge in [0.05, 0.1) is 29.6 Å². The highest BCUT2D eigenvalue weighted by atomic mass is 35.5. The van der Waals surface area contributed by atoms with Gasteiger partial charge in [0.1, 0.15) is 11.6 Å². The lowest BCUT2D eigenvalue weighted by molar-refractivity contribution is 0.413. The van der Waals surface area contributed by atoms with Crippen molar-refractivity contribution in [3.8, 4) is 5.75 Å². The van der Waals surface area contributed by atoms with E-state index in [1.165, 1.54) is 13.2 Å². The zero-order valence-electron chi connectivity index (χ0n) is 10.7. The summed E-state index contributed by atoms with van der Waals surface area (Å²) < 4.78 is 18.1. The van der Waals surface area contributed by atoms with Crippen LogP contribution in [0.1, 0.15) is 18.2 Å². The van der Waals surface area contributed by atoms with Gasteiger partial charge in [-0.25, -0.2) is 4.39 Å². The molecule has 1 unspecified atom stereocenters.